The highest BCUT2D eigenvalue weighted by molar-refractivity contribution is 9.10. The van der Waals surface area contributed by atoms with Crippen LogP contribution in [0.1, 0.15) is 21.5 Å². The van der Waals surface area contributed by atoms with E-state index in [0.717, 1.165) is 21.3 Å². The van der Waals surface area contributed by atoms with Gasteiger partial charge in [0.25, 0.3) is 5.91 Å². The van der Waals surface area contributed by atoms with Crippen molar-refractivity contribution >= 4 is 33.4 Å². The third kappa shape index (κ3) is 5.18. The molecule has 0 aliphatic rings. The summed E-state index contributed by atoms with van der Waals surface area (Å²) in [5.74, 6) is -0.572. The van der Waals surface area contributed by atoms with E-state index in [1.807, 2.05) is 31.2 Å². The summed E-state index contributed by atoms with van der Waals surface area (Å²) in [4.78, 5) is 24.1. The molecule has 0 atom stereocenters. The maximum Gasteiger partial charge on any atom is 0.251 e. The fraction of sp³-hybridized carbons (Fsp3) is 0.222. The van der Waals surface area contributed by atoms with E-state index in [0.29, 0.717) is 12.2 Å². The maximum absolute atomic E-state index is 12.1. The van der Waals surface area contributed by atoms with Gasteiger partial charge in [0.1, 0.15) is 0 Å². The average molecular weight is 391 g/mol. The zero-order valence-corrected chi connectivity index (χ0v) is 15.1. The van der Waals surface area contributed by atoms with Crippen molar-refractivity contribution in [2.24, 2.45) is 0 Å². The van der Waals surface area contributed by atoms with Gasteiger partial charge in [-0.3, -0.25) is 9.59 Å². The molecule has 2 aromatic rings. The number of aryl methyl sites for hydroxylation is 1. The number of halogens is 1. The molecule has 0 saturated heterocycles. The molecule has 5 nitrogen and oxygen atoms in total. The summed E-state index contributed by atoms with van der Waals surface area (Å²) >= 11 is 3.38. The monoisotopic (exact) mass is 390 g/mol. The molecule has 0 aromatic heterocycles. The molecule has 0 spiro atoms. The zero-order chi connectivity index (χ0) is 17.5. The van der Waals surface area contributed by atoms with Gasteiger partial charge in [0, 0.05) is 22.8 Å². The van der Waals surface area contributed by atoms with Gasteiger partial charge in [-0.25, -0.2) is 0 Å². The number of rotatable bonds is 6. The number of hydrogen-bond acceptors (Lipinski definition) is 3. The fourth-order valence-electron chi connectivity index (χ4n) is 2.19. The van der Waals surface area contributed by atoms with Crippen LogP contribution < -0.4 is 10.6 Å². The minimum atomic E-state index is -0.296. The predicted octanol–water partition coefficient (Wildman–Crippen LogP) is 3.27. The maximum atomic E-state index is 12.1. The van der Waals surface area contributed by atoms with Crippen molar-refractivity contribution in [2.75, 3.05) is 19.0 Å². The van der Waals surface area contributed by atoms with Crippen LogP contribution in [0.3, 0.4) is 0 Å². The molecule has 0 fully saturated rings. The highest BCUT2D eigenvalue weighted by Crippen LogP contribution is 2.19. The van der Waals surface area contributed by atoms with Gasteiger partial charge >= 0.3 is 0 Å². The minimum Gasteiger partial charge on any atom is -0.380 e. The van der Waals surface area contributed by atoms with Crippen molar-refractivity contribution in [3.63, 3.8) is 0 Å². The molecule has 0 bridgehead atoms. The summed E-state index contributed by atoms with van der Waals surface area (Å²) in [6, 6.07) is 12.7. The van der Waals surface area contributed by atoms with Crippen LogP contribution >= 0.6 is 15.9 Å². The van der Waals surface area contributed by atoms with Gasteiger partial charge in [-0.2, -0.15) is 0 Å². The quantitative estimate of drug-likeness (QED) is 0.794. The number of anilines is 1. The highest BCUT2D eigenvalue weighted by atomic mass is 79.9. The molecule has 0 aliphatic carbocycles. The second kappa shape index (κ2) is 8.61. The second-order valence-electron chi connectivity index (χ2n) is 5.32. The lowest BCUT2D eigenvalue weighted by atomic mass is 10.1. The van der Waals surface area contributed by atoms with Crippen LogP contribution in [0.25, 0.3) is 0 Å². The number of carbonyl (C=O) groups is 2. The van der Waals surface area contributed by atoms with E-state index < -0.39 is 0 Å². The lowest BCUT2D eigenvalue weighted by Crippen LogP contribution is -2.33. The number of amides is 2. The fourth-order valence-corrected chi connectivity index (χ4v) is 2.67. The molecular formula is C18H19BrN2O3. The smallest absolute Gasteiger partial charge is 0.251 e. The molecule has 0 aliphatic heterocycles. The molecule has 6 heteroatoms. The summed E-state index contributed by atoms with van der Waals surface area (Å²) in [7, 11) is 1.60. The Morgan fingerprint density at radius 2 is 1.96 bits per heavy atom. The van der Waals surface area contributed by atoms with Crippen molar-refractivity contribution in [1.82, 2.24) is 5.32 Å². The predicted molar refractivity (Wildman–Crippen MR) is 97.0 cm³/mol. The van der Waals surface area contributed by atoms with E-state index in [1.165, 1.54) is 0 Å². The Kier molecular flexibility index (Phi) is 6.52. The lowest BCUT2D eigenvalue weighted by molar-refractivity contribution is -0.115. The Hall–Kier alpha value is -2.18. The standard InChI is InChI=1S/C18H19BrN2O3/c1-12-8-15(19)6-7-16(12)21-17(22)10-20-18(23)14-5-3-4-13(9-14)11-24-2/h3-9H,10-11H2,1-2H3,(H,20,23)(H,21,22). The Balaban J connectivity index is 1.91. The normalized spacial score (nSPS) is 10.3. The van der Waals surface area contributed by atoms with Gasteiger partial charge in [-0.15, -0.1) is 0 Å². The third-order valence-corrected chi connectivity index (χ3v) is 3.87. The van der Waals surface area contributed by atoms with E-state index in [-0.39, 0.29) is 18.4 Å². The van der Waals surface area contributed by atoms with Crippen molar-refractivity contribution in [2.45, 2.75) is 13.5 Å². The average Bonchev–Trinajstić information content (AvgIpc) is 2.56. The molecule has 0 heterocycles. The molecule has 2 amide bonds. The van der Waals surface area contributed by atoms with Crippen LogP contribution in [0.15, 0.2) is 46.9 Å². The SMILES string of the molecule is COCc1cccc(C(=O)NCC(=O)Nc2ccc(Br)cc2C)c1. The second-order valence-corrected chi connectivity index (χ2v) is 6.24. The van der Waals surface area contributed by atoms with Crippen LogP contribution in [0, 0.1) is 6.92 Å². The first-order chi connectivity index (χ1) is 11.5. The van der Waals surface area contributed by atoms with Crippen molar-refractivity contribution in [3.05, 3.63) is 63.6 Å². The van der Waals surface area contributed by atoms with E-state index >= 15 is 0 Å². The van der Waals surface area contributed by atoms with Gasteiger partial charge in [-0.05, 0) is 48.4 Å². The van der Waals surface area contributed by atoms with E-state index in [1.54, 1.807) is 25.3 Å². The lowest BCUT2D eigenvalue weighted by Gasteiger charge is -2.10. The van der Waals surface area contributed by atoms with Crippen LogP contribution in [0.4, 0.5) is 5.69 Å². The van der Waals surface area contributed by atoms with Crippen molar-refractivity contribution < 1.29 is 14.3 Å². The largest absolute Gasteiger partial charge is 0.380 e. The number of nitrogens with one attached hydrogen (secondary N) is 2. The van der Waals surface area contributed by atoms with Crippen LogP contribution in [0.2, 0.25) is 0 Å². The molecule has 0 radical (unpaired) electrons. The first-order valence-corrected chi connectivity index (χ1v) is 8.21. The van der Waals surface area contributed by atoms with Gasteiger partial charge < -0.3 is 15.4 Å². The molecule has 24 heavy (non-hydrogen) atoms. The number of carbonyl (C=O) groups excluding carboxylic acids is 2. The number of ether oxygens (including phenoxy) is 1. The summed E-state index contributed by atoms with van der Waals surface area (Å²) in [6.45, 7) is 2.24. The molecule has 0 saturated carbocycles. The van der Waals surface area contributed by atoms with Crippen LogP contribution in [-0.4, -0.2) is 25.5 Å². The van der Waals surface area contributed by atoms with Crippen LogP contribution in [-0.2, 0) is 16.1 Å². The van der Waals surface area contributed by atoms with E-state index in [4.69, 9.17) is 4.74 Å². The first kappa shape index (κ1) is 18.2. The van der Waals surface area contributed by atoms with Crippen molar-refractivity contribution in [3.8, 4) is 0 Å². The topological polar surface area (TPSA) is 67.4 Å². The van der Waals surface area contributed by atoms with E-state index in [9.17, 15) is 9.59 Å². The molecule has 2 N–H and O–H groups in total. The number of benzene rings is 2. The summed E-state index contributed by atoms with van der Waals surface area (Å²) in [6.07, 6.45) is 0. The molecule has 0 unspecified atom stereocenters. The van der Waals surface area contributed by atoms with E-state index in [2.05, 4.69) is 26.6 Å². The Morgan fingerprint density at radius 1 is 1.17 bits per heavy atom. The number of hydrogen-bond donors (Lipinski definition) is 2. The van der Waals surface area contributed by atoms with Crippen LogP contribution in [0.5, 0.6) is 0 Å². The zero-order valence-electron chi connectivity index (χ0n) is 13.6. The van der Waals surface area contributed by atoms with Gasteiger partial charge in [-0.1, -0.05) is 28.1 Å². The van der Waals surface area contributed by atoms with Crippen molar-refractivity contribution in [1.29, 1.82) is 0 Å². The summed E-state index contributed by atoms with van der Waals surface area (Å²) in [5, 5.41) is 5.40. The summed E-state index contributed by atoms with van der Waals surface area (Å²) in [5.41, 5.74) is 3.06. The molecular weight excluding hydrogens is 372 g/mol. The number of methoxy groups -OCH3 is 1. The molecule has 126 valence electrons. The van der Waals surface area contributed by atoms with Gasteiger partial charge in [0.2, 0.25) is 5.91 Å². The first-order valence-electron chi connectivity index (χ1n) is 7.41. The Labute approximate surface area is 149 Å². The minimum absolute atomic E-state index is 0.0944. The molecule has 2 aromatic carbocycles. The molecule has 2 rings (SSSR count). The summed E-state index contributed by atoms with van der Waals surface area (Å²) < 4.78 is 5.99. The van der Waals surface area contributed by atoms with Gasteiger partial charge in [0.05, 0.1) is 13.2 Å². The van der Waals surface area contributed by atoms with Gasteiger partial charge in [0.15, 0.2) is 0 Å². The Morgan fingerprint density at radius 3 is 2.67 bits per heavy atom. The highest BCUT2D eigenvalue weighted by Gasteiger charge is 2.10. The third-order valence-electron chi connectivity index (χ3n) is 3.37. The Bertz CT molecular complexity index is 747.